The average molecular weight is 395 g/mol. The molecule has 0 heterocycles. The summed E-state index contributed by atoms with van der Waals surface area (Å²) in [5, 5.41) is 4.65. The van der Waals surface area contributed by atoms with E-state index in [2.05, 4.69) is 15.3 Å². The van der Waals surface area contributed by atoms with Gasteiger partial charge in [0.25, 0.3) is 5.91 Å². The number of esters is 1. The highest BCUT2D eigenvalue weighted by atomic mass is 35.5. The molecule has 0 aliphatic rings. The first-order valence-electron chi connectivity index (χ1n) is 7.53. The van der Waals surface area contributed by atoms with Crippen molar-refractivity contribution in [1.29, 1.82) is 0 Å². The summed E-state index contributed by atoms with van der Waals surface area (Å²) in [7, 11) is 1.31. The van der Waals surface area contributed by atoms with E-state index in [-0.39, 0.29) is 0 Å². The number of amides is 1. The van der Waals surface area contributed by atoms with E-state index in [1.807, 2.05) is 0 Å². The summed E-state index contributed by atoms with van der Waals surface area (Å²) in [6, 6.07) is 11.3. The van der Waals surface area contributed by atoms with E-state index in [9.17, 15) is 9.59 Å². The summed E-state index contributed by atoms with van der Waals surface area (Å²) in [5.74, 6) is -0.520. The molecule has 6 nitrogen and oxygen atoms in total. The molecule has 0 fully saturated rings. The number of nitrogens with zero attached hydrogens (tertiary/aromatic N) is 1. The third kappa shape index (κ3) is 5.47. The third-order valence-electron chi connectivity index (χ3n) is 3.29. The molecule has 2 aromatic rings. The van der Waals surface area contributed by atoms with Crippen LogP contribution >= 0.6 is 23.2 Å². The average Bonchev–Trinajstić information content (AvgIpc) is 2.63. The van der Waals surface area contributed by atoms with Crippen molar-refractivity contribution in [3.8, 4) is 5.75 Å². The molecule has 136 valence electrons. The van der Waals surface area contributed by atoms with E-state index < -0.39 is 18.0 Å². The van der Waals surface area contributed by atoms with Crippen LogP contribution in [0.3, 0.4) is 0 Å². The maximum atomic E-state index is 12.0. The molecule has 26 heavy (non-hydrogen) atoms. The SMILES string of the molecule is COC(=O)c1ccc(C=NNC(=O)C(C)Oc2ccc(Cl)cc2Cl)cc1. The Morgan fingerprint density at radius 3 is 2.46 bits per heavy atom. The number of hydrazone groups is 1. The van der Waals surface area contributed by atoms with Gasteiger partial charge >= 0.3 is 5.97 Å². The molecule has 1 unspecified atom stereocenters. The Kier molecular flexibility index (Phi) is 7.00. The highest BCUT2D eigenvalue weighted by Crippen LogP contribution is 2.28. The summed E-state index contributed by atoms with van der Waals surface area (Å²) in [6.07, 6.45) is 0.633. The van der Waals surface area contributed by atoms with Gasteiger partial charge in [-0.1, -0.05) is 35.3 Å². The van der Waals surface area contributed by atoms with Crippen molar-refractivity contribution >= 4 is 41.3 Å². The molecule has 1 atom stereocenters. The van der Waals surface area contributed by atoms with Crippen molar-refractivity contribution < 1.29 is 19.1 Å². The van der Waals surface area contributed by atoms with Gasteiger partial charge in [0.15, 0.2) is 6.10 Å². The van der Waals surface area contributed by atoms with Crippen molar-refractivity contribution in [3.63, 3.8) is 0 Å². The summed E-state index contributed by atoms with van der Waals surface area (Å²) in [6.45, 7) is 1.57. The number of carbonyl (C=O) groups excluding carboxylic acids is 2. The lowest BCUT2D eigenvalue weighted by molar-refractivity contribution is -0.127. The van der Waals surface area contributed by atoms with Crippen LogP contribution in [0, 0.1) is 0 Å². The van der Waals surface area contributed by atoms with Crippen molar-refractivity contribution in [2.24, 2.45) is 5.10 Å². The molecule has 0 saturated carbocycles. The molecule has 0 aromatic heterocycles. The molecule has 8 heteroatoms. The standard InChI is InChI=1S/C18H16Cl2N2O4/c1-11(26-16-8-7-14(19)9-15(16)20)17(23)22-21-10-12-3-5-13(6-4-12)18(24)25-2/h3-11H,1-2H3,(H,22,23). The van der Waals surface area contributed by atoms with Crippen molar-refractivity contribution in [2.45, 2.75) is 13.0 Å². The zero-order valence-electron chi connectivity index (χ0n) is 14.0. The Morgan fingerprint density at radius 1 is 1.15 bits per heavy atom. The van der Waals surface area contributed by atoms with Gasteiger partial charge in [0.2, 0.25) is 0 Å². The highest BCUT2D eigenvalue weighted by Gasteiger charge is 2.15. The van der Waals surface area contributed by atoms with Crippen LogP contribution in [0.1, 0.15) is 22.8 Å². The molecule has 0 bridgehead atoms. The van der Waals surface area contributed by atoms with Crippen LogP contribution in [0.25, 0.3) is 0 Å². The van der Waals surface area contributed by atoms with Crippen molar-refractivity contribution in [2.75, 3.05) is 7.11 Å². The second-order valence-electron chi connectivity index (χ2n) is 5.18. The van der Waals surface area contributed by atoms with Crippen LogP contribution in [0.4, 0.5) is 0 Å². The maximum Gasteiger partial charge on any atom is 0.337 e. The first-order valence-corrected chi connectivity index (χ1v) is 8.29. The van der Waals surface area contributed by atoms with E-state index in [1.165, 1.54) is 19.4 Å². The van der Waals surface area contributed by atoms with Gasteiger partial charge in [-0.05, 0) is 42.8 Å². The lowest BCUT2D eigenvalue weighted by atomic mass is 10.1. The Bertz CT molecular complexity index is 822. The fraction of sp³-hybridized carbons (Fsp3) is 0.167. The number of halogens is 2. The molecule has 0 saturated heterocycles. The second-order valence-corrected chi connectivity index (χ2v) is 6.03. The van der Waals surface area contributed by atoms with E-state index in [1.54, 1.807) is 43.3 Å². The molecule has 0 aliphatic heterocycles. The number of nitrogens with one attached hydrogen (secondary N) is 1. The largest absolute Gasteiger partial charge is 0.479 e. The van der Waals surface area contributed by atoms with Crippen molar-refractivity contribution in [1.82, 2.24) is 5.43 Å². The normalized spacial score (nSPS) is 11.8. The number of methoxy groups -OCH3 is 1. The van der Waals surface area contributed by atoms with Crippen LogP contribution < -0.4 is 10.2 Å². The maximum absolute atomic E-state index is 12.0. The molecule has 1 amide bonds. The number of benzene rings is 2. The van der Waals surface area contributed by atoms with Gasteiger partial charge in [-0.2, -0.15) is 5.10 Å². The topological polar surface area (TPSA) is 77.0 Å². The zero-order chi connectivity index (χ0) is 19.1. The summed E-state index contributed by atoms with van der Waals surface area (Å²) in [5.41, 5.74) is 3.50. The Morgan fingerprint density at radius 2 is 1.85 bits per heavy atom. The number of hydrogen-bond donors (Lipinski definition) is 1. The molecule has 0 spiro atoms. The fourth-order valence-corrected chi connectivity index (χ4v) is 2.35. The minimum Gasteiger partial charge on any atom is -0.479 e. The fourth-order valence-electron chi connectivity index (χ4n) is 1.90. The van der Waals surface area contributed by atoms with Gasteiger partial charge in [-0.15, -0.1) is 0 Å². The van der Waals surface area contributed by atoms with Gasteiger partial charge in [0, 0.05) is 5.02 Å². The molecular weight excluding hydrogens is 379 g/mol. The Hall–Kier alpha value is -2.57. The van der Waals surface area contributed by atoms with Gasteiger partial charge in [-0.25, -0.2) is 10.2 Å². The van der Waals surface area contributed by atoms with Crippen LogP contribution in [0.5, 0.6) is 5.75 Å². The number of carbonyl (C=O) groups is 2. The van der Waals surface area contributed by atoms with E-state index >= 15 is 0 Å². The van der Waals surface area contributed by atoms with Gasteiger partial charge in [0.1, 0.15) is 5.75 Å². The number of ether oxygens (including phenoxy) is 2. The van der Waals surface area contributed by atoms with Crippen molar-refractivity contribution in [3.05, 3.63) is 63.6 Å². The minimum atomic E-state index is -0.812. The first kappa shape index (κ1) is 19.8. The molecule has 0 aliphatic carbocycles. The Labute approximate surface area is 160 Å². The predicted octanol–water partition coefficient (Wildman–Crippen LogP) is 3.70. The molecule has 1 N–H and O–H groups in total. The molecule has 2 aromatic carbocycles. The van der Waals surface area contributed by atoms with Crippen LogP contribution in [0.15, 0.2) is 47.6 Å². The van der Waals surface area contributed by atoms with Gasteiger partial charge in [0.05, 0.1) is 23.9 Å². The molecule has 2 rings (SSSR count). The smallest absolute Gasteiger partial charge is 0.337 e. The molecule has 0 radical (unpaired) electrons. The summed E-state index contributed by atoms with van der Waals surface area (Å²) < 4.78 is 10.1. The third-order valence-corrected chi connectivity index (χ3v) is 3.82. The lowest BCUT2D eigenvalue weighted by Crippen LogP contribution is -2.33. The van der Waals surface area contributed by atoms with E-state index in [0.717, 1.165) is 0 Å². The summed E-state index contributed by atoms with van der Waals surface area (Å²) >= 11 is 11.8. The van der Waals surface area contributed by atoms with E-state index in [0.29, 0.717) is 26.9 Å². The van der Waals surface area contributed by atoms with Gasteiger partial charge < -0.3 is 9.47 Å². The highest BCUT2D eigenvalue weighted by molar-refractivity contribution is 6.35. The zero-order valence-corrected chi connectivity index (χ0v) is 15.5. The quantitative estimate of drug-likeness (QED) is 0.460. The summed E-state index contributed by atoms with van der Waals surface area (Å²) in [4.78, 5) is 23.4. The monoisotopic (exact) mass is 394 g/mol. The number of hydrogen-bond acceptors (Lipinski definition) is 5. The van der Waals surface area contributed by atoms with Crippen LogP contribution in [0.2, 0.25) is 10.0 Å². The first-order chi connectivity index (χ1) is 12.4. The predicted molar refractivity (Wildman–Crippen MR) is 100 cm³/mol. The van der Waals surface area contributed by atoms with E-state index in [4.69, 9.17) is 27.9 Å². The van der Waals surface area contributed by atoms with Gasteiger partial charge in [-0.3, -0.25) is 4.79 Å². The van der Waals surface area contributed by atoms with Crippen LogP contribution in [-0.4, -0.2) is 31.3 Å². The Balaban J connectivity index is 1.90. The minimum absolute atomic E-state index is 0.311. The second kappa shape index (κ2) is 9.22. The molecular formula is C18H16Cl2N2O4. The lowest BCUT2D eigenvalue weighted by Gasteiger charge is -2.14. The van der Waals surface area contributed by atoms with Crippen LogP contribution in [-0.2, 0) is 9.53 Å². The number of rotatable bonds is 6.